The molecule has 4 heterocycles. The van der Waals surface area contributed by atoms with Crippen LogP contribution in [0, 0.1) is 24.7 Å². The number of aromatic nitrogens is 4. The maximum Gasteiger partial charge on any atom is 1.00 e. The number of benzene rings is 2. The van der Waals surface area contributed by atoms with Crippen LogP contribution in [0.3, 0.4) is 0 Å². The zero-order valence-electron chi connectivity index (χ0n) is 44.6. The van der Waals surface area contributed by atoms with Crippen molar-refractivity contribution in [2.75, 3.05) is 0 Å². The summed E-state index contributed by atoms with van der Waals surface area (Å²) in [6.45, 7) is 12.2. The number of carbonyl (C=O) groups is 4. The van der Waals surface area contributed by atoms with E-state index in [4.69, 9.17) is 41.3 Å². The average molecular weight is 1120 g/mol. The molecule has 4 aromatic heterocycles. The second kappa shape index (κ2) is 24.5. The van der Waals surface area contributed by atoms with Gasteiger partial charge < -0.3 is 33.1 Å². The van der Waals surface area contributed by atoms with Crippen LogP contribution in [-0.4, -0.2) is 49.2 Å². The largest absolute Gasteiger partial charge is 1.00 e. The third-order valence-electron chi connectivity index (χ3n) is 13.8. The third kappa shape index (κ3) is 14.8. The molecule has 2 aromatic carbocycles. The van der Waals surface area contributed by atoms with E-state index in [1.807, 2.05) is 26.0 Å². The Bertz CT molecular complexity index is 2890. The van der Waals surface area contributed by atoms with Gasteiger partial charge in [0.2, 0.25) is 11.5 Å². The van der Waals surface area contributed by atoms with Crippen molar-refractivity contribution in [2.24, 2.45) is 10.8 Å². The molecular weight excluding hydrogens is 1060 g/mol. The van der Waals surface area contributed by atoms with Crippen molar-refractivity contribution in [2.45, 2.75) is 168 Å². The Morgan fingerprint density at radius 2 is 1.00 bits per heavy atom. The Morgan fingerprint density at radius 3 is 1.32 bits per heavy atom. The van der Waals surface area contributed by atoms with Crippen LogP contribution in [0.1, 0.15) is 186 Å². The zero-order chi connectivity index (χ0) is 55.7. The molecule has 408 valence electrons. The molecule has 0 unspecified atom stereocenters. The Labute approximate surface area is 475 Å². The molecule has 2 atom stereocenters. The molecule has 0 radical (unpaired) electrons. The van der Waals surface area contributed by atoms with E-state index in [2.05, 4.69) is 20.6 Å². The number of carboxylic acids is 2. The molecule has 6 aromatic rings. The standard InChI is InChI=1S/2C28H31ClF2N2O5.Na/c2*1-15-5-6-17(20(29)11-15)12-19(34)13-18(9-10-23(35)36)26-24(16-7-8-16)25(33-38-26)21-14-22(37-32-21)28(30,31)27(2,3)4;/h2*5-6,11,14,16,18H,7-10,12-13H2,1-4H3,(H,35,36);/q;;+1/p-1/t2*18-;/m00./s1. The summed E-state index contributed by atoms with van der Waals surface area (Å²) in [5.41, 5.74) is 2.66. The number of carboxylic acid groups (broad SMARTS) is 2. The van der Waals surface area contributed by atoms with Crippen LogP contribution in [-0.2, 0) is 43.9 Å². The van der Waals surface area contributed by atoms with Crippen molar-refractivity contribution in [1.82, 2.24) is 20.6 Å². The van der Waals surface area contributed by atoms with E-state index in [1.54, 1.807) is 24.3 Å². The van der Waals surface area contributed by atoms with Gasteiger partial charge in [0.15, 0.2) is 0 Å². The van der Waals surface area contributed by atoms with Crippen LogP contribution in [0.2, 0.25) is 10.0 Å². The van der Waals surface area contributed by atoms with Gasteiger partial charge in [0.1, 0.15) is 45.9 Å². The Balaban J connectivity index is 0.000000246. The molecule has 0 bridgehead atoms. The van der Waals surface area contributed by atoms with Gasteiger partial charge in [0, 0.05) is 94.0 Å². The van der Waals surface area contributed by atoms with Crippen molar-refractivity contribution in [3.63, 3.8) is 0 Å². The van der Waals surface area contributed by atoms with Crippen molar-refractivity contribution >= 4 is 46.7 Å². The molecule has 0 spiro atoms. The predicted octanol–water partition coefficient (Wildman–Crippen LogP) is 10.6. The topological polar surface area (TPSA) is 216 Å². The quantitative estimate of drug-likeness (QED) is 0.0494. The minimum absolute atomic E-state index is 0. The second-order valence-electron chi connectivity index (χ2n) is 22.2. The number of halogens is 6. The van der Waals surface area contributed by atoms with Crippen LogP contribution in [0.25, 0.3) is 22.8 Å². The van der Waals surface area contributed by atoms with E-state index in [-0.39, 0.29) is 127 Å². The van der Waals surface area contributed by atoms with Gasteiger partial charge in [0.05, 0.1) is 0 Å². The van der Waals surface area contributed by atoms with E-state index in [0.29, 0.717) is 43.8 Å². The van der Waals surface area contributed by atoms with E-state index in [1.165, 1.54) is 53.7 Å². The SMILES string of the molecule is Cc1ccc(CC(=O)C[C@H](CCC(=O)O)c2onc(-c3cc(C(F)(F)C(C)(C)C)on3)c2C2CC2)c(Cl)c1.Cc1ccc(CC(=O)C[C@H](CCC(=O)[O-])c2onc(-c3cc(C(F)(F)C(C)(C)C)on3)c2C2CC2)c(Cl)c1.[Na+]. The van der Waals surface area contributed by atoms with Gasteiger partial charge in [-0.15, -0.1) is 0 Å². The molecule has 2 aliphatic carbocycles. The van der Waals surface area contributed by atoms with Crippen molar-refractivity contribution in [3.8, 4) is 22.8 Å². The first-order valence-corrected chi connectivity index (χ1v) is 26.0. The number of nitrogens with zero attached hydrogens (tertiary/aromatic N) is 4. The van der Waals surface area contributed by atoms with Crippen molar-refractivity contribution in [3.05, 3.63) is 115 Å². The van der Waals surface area contributed by atoms with Crippen molar-refractivity contribution in [1.29, 1.82) is 0 Å². The molecule has 21 heteroatoms. The van der Waals surface area contributed by atoms with Crippen LogP contribution < -0.4 is 34.7 Å². The second-order valence-corrected chi connectivity index (χ2v) is 23.0. The Kier molecular flexibility index (Phi) is 19.4. The normalized spacial score (nSPS) is 14.8. The summed E-state index contributed by atoms with van der Waals surface area (Å²) in [7, 11) is 0. The van der Waals surface area contributed by atoms with Crippen molar-refractivity contribution < 1.29 is 94.6 Å². The fraction of sp³-hybridized carbons (Fsp3) is 0.500. The number of alkyl halides is 4. The predicted molar refractivity (Wildman–Crippen MR) is 270 cm³/mol. The molecule has 0 aliphatic heterocycles. The summed E-state index contributed by atoms with van der Waals surface area (Å²) in [6, 6.07) is 13.2. The fourth-order valence-electron chi connectivity index (χ4n) is 8.87. The van der Waals surface area contributed by atoms with Gasteiger partial charge in [-0.2, -0.15) is 17.6 Å². The monoisotopic (exact) mass is 1120 g/mol. The number of hydrogen-bond acceptors (Lipinski definition) is 13. The Hall–Kier alpha value is -5.14. The third-order valence-corrected chi connectivity index (χ3v) is 14.5. The molecule has 8 rings (SSSR count). The summed E-state index contributed by atoms with van der Waals surface area (Å²) in [5, 5.41) is 37.6. The maximum atomic E-state index is 14.9. The number of ketones is 2. The number of Topliss-reactive ketones (excluding diaryl/α,β-unsaturated/α-hetero) is 2. The van der Waals surface area contributed by atoms with Crippen LogP contribution in [0.5, 0.6) is 0 Å². The minimum Gasteiger partial charge on any atom is -0.550 e. The van der Waals surface area contributed by atoms with Gasteiger partial charge in [-0.3, -0.25) is 14.4 Å². The van der Waals surface area contributed by atoms with Gasteiger partial charge in [0.25, 0.3) is 0 Å². The molecule has 1 N–H and O–H groups in total. The minimum atomic E-state index is -3.27. The molecule has 77 heavy (non-hydrogen) atoms. The molecular formula is C56H61Cl2F4N4NaO10. The van der Waals surface area contributed by atoms with E-state index in [0.717, 1.165) is 36.8 Å². The number of aliphatic carboxylic acids is 2. The molecule has 2 saturated carbocycles. The smallest absolute Gasteiger partial charge is 0.550 e. The van der Waals surface area contributed by atoms with Gasteiger partial charge in [-0.1, -0.05) is 110 Å². The first-order chi connectivity index (χ1) is 35.5. The van der Waals surface area contributed by atoms with Crippen LogP contribution >= 0.6 is 23.2 Å². The number of rotatable bonds is 22. The Morgan fingerprint density at radius 1 is 0.623 bits per heavy atom. The first kappa shape index (κ1) is 61.1. The molecule has 14 nitrogen and oxygen atoms in total. The summed E-state index contributed by atoms with van der Waals surface area (Å²) < 4.78 is 80.9. The summed E-state index contributed by atoms with van der Waals surface area (Å²) in [6.07, 6.45) is 3.31. The summed E-state index contributed by atoms with van der Waals surface area (Å²) in [4.78, 5) is 48.8. The molecule has 2 fully saturated rings. The number of hydrogen-bond donors (Lipinski definition) is 1. The van der Waals surface area contributed by atoms with Gasteiger partial charge in [-0.05, 0) is 105 Å². The first-order valence-electron chi connectivity index (χ1n) is 25.2. The maximum absolute atomic E-state index is 14.9. The fourth-order valence-corrected chi connectivity index (χ4v) is 9.48. The number of carbonyl (C=O) groups excluding carboxylic acids is 3. The van der Waals surface area contributed by atoms with Gasteiger partial charge >= 0.3 is 47.4 Å². The zero-order valence-corrected chi connectivity index (χ0v) is 48.1. The van der Waals surface area contributed by atoms with Crippen LogP contribution in [0.4, 0.5) is 17.6 Å². The molecule has 0 saturated heterocycles. The number of aryl methyl sites for hydroxylation is 2. The molecule has 2 aliphatic rings. The van der Waals surface area contributed by atoms with Gasteiger partial charge in [-0.25, -0.2) is 0 Å². The van der Waals surface area contributed by atoms with E-state index < -0.39 is 58.0 Å². The molecule has 0 amide bonds. The summed E-state index contributed by atoms with van der Waals surface area (Å²) in [5.74, 6) is -10.5. The average Bonchev–Trinajstić information content (AvgIpc) is 4.08. The summed E-state index contributed by atoms with van der Waals surface area (Å²) >= 11 is 12.6. The van der Waals surface area contributed by atoms with E-state index in [9.17, 15) is 47.0 Å². The van der Waals surface area contributed by atoms with Crippen LogP contribution in [0.15, 0.2) is 66.6 Å². The van der Waals surface area contributed by atoms with E-state index >= 15 is 0 Å².